The van der Waals surface area contributed by atoms with Crippen molar-refractivity contribution in [3.63, 3.8) is 0 Å². The lowest BCUT2D eigenvalue weighted by molar-refractivity contribution is 0.0702. The second kappa shape index (κ2) is 5.61. The Bertz CT molecular complexity index is 492. The van der Waals surface area contributed by atoms with Crippen molar-refractivity contribution in [1.82, 2.24) is 4.72 Å². The van der Waals surface area contributed by atoms with Gasteiger partial charge in [-0.2, -0.15) is 0 Å². The van der Waals surface area contributed by atoms with E-state index in [0.29, 0.717) is 6.54 Å². The van der Waals surface area contributed by atoms with E-state index in [9.17, 15) is 13.2 Å². The van der Waals surface area contributed by atoms with E-state index in [4.69, 9.17) is 5.11 Å². The minimum atomic E-state index is -3.58. The van der Waals surface area contributed by atoms with Gasteiger partial charge in [0.2, 0.25) is 10.0 Å². The van der Waals surface area contributed by atoms with Crippen molar-refractivity contribution in [2.24, 2.45) is 5.92 Å². The summed E-state index contributed by atoms with van der Waals surface area (Å²) >= 11 is 0.906. The summed E-state index contributed by atoms with van der Waals surface area (Å²) in [7, 11) is -3.58. The second-order valence-electron chi connectivity index (χ2n) is 3.82. The molecule has 1 aromatic heterocycles. The van der Waals surface area contributed by atoms with Crippen LogP contribution in [0.2, 0.25) is 0 Å². The molecule has 1 heterocycles. The number of aromatic carboxylic acids is 1. The number of thiophene rings is 1. The van der Waals surface area contributed by atoms with Crippen molar-refractivity contribution >= 4 is 27.3 Å². The molecule has 96 valence electrons. The molecule has 2 N–H and O–H groups in total. The van der Waals surface area contributed by atoms with E-state index in [1.165, 1.54) is 11.4 Å². The van der Waals surface area contributed by atoms with Crippen LogP contribution in [0.15, 0.2) is 16.3 Å². The van der Waals surface area contributed by atoms with Crippen LogP contribution in [0.3, 0.4) is 0 Å². The fourth-order valence-corrected chi connectivity index (χ4v) is 3.33. The quantitative estimate of drug-likeness (QED) is 0.830. The Morgan fingerprint density at radius 3 is 2.71 bits per heavy atom. The molecule has 0 fully saturated rings. The minimum Gasteiger partial charge on any atom is -0.477 e. The van der Waals surface area contributed by atoms with Crippen LogP contribution in [-0.4, -0.2) is 26.0 Å². The van der Waals surface area contributed by atoms with E-state index in [1.54, 1.807) is 0 Å². The number of carbonyl (C=O) groups is 1. The molecule has 0 bridgehead atoms. The molecule has 1 aromatic rings. The fourth-order valence-electron chi connectivity index (χ4n) is 1.05. The Morgan fingerprint density at radius 2 is 2.24 bits per heavy atom. The Kier molecular flexibility index (Phi) is 4.67. The highest BCUT2D eigenvalue weighted by atomic mass is 32.2. The van der Waals surface area contributed by atoms with Crippen LogP contribution in [-0.2, 0) is 10.0 Å². The van der Waals surface area contributed by atoms with Crippen LogP contribution < -0.4 is 4.72 Å². The molecular weight excluding hydrogens is 262 g/mol. The first-order valence-corrected chi connectivity index (χ1v) is 7.54. The minimum absolute atomic E-state index is 0.0169. The molecule has 1 unspecified atom stereocenters. The number of rotatable bonds is 6. The van der Waals surface area contributed by atoms with Crippen molar-refractivity contribution in [3.05, 3.63) is 16.3 Å². The van der Waals surface area contributed by atoms with E-state index in [-0.39, 0.29) is 15.7 Å². The molecule has 0 aliphatic rings. The lowest BCUT2D eigenvalue weighted by Crippen LogP contribution is -2.27. The van der Waals surface area contributed by atoms with E-state index < -0.39 is 16.0 Å². The Hall–Kier alpha value is -0.920. The van der Waals surface area contributed by atoms with Crippen LogP contribution in [0, 0.1) is 5.92 Å². The fraction of sp³-hybridized carbons (Fsp3) is 0.500. The third kappa shape index (κ3) is 3.79. The largest absolute Gasteiger partial charge is 0.477 e. The molecule has 1 rings (SSSR count). The molecule has 0 radical (unpaired) electrons. The van der Waals surface area contributed by atoms with Crippen LogP contribution in [0.25, 0.3) is 0 Å². The van der Waals surface area contributed by atoms with E-state index >= 15 is 0 Å². The van der Waals surface area contributed by atoms with E-state index in [0.717, 1.165) is 17.8 Å². The molecule has 0 aliphatic heterocycles. The van der Waals surface area contributed by atoms with Crippen LogP contribution in [0.1, 0.15) is 29.9 Å². The second-order valence-corrected chi connectivity index (χ2v) is 6.50. The predicted molar refractivity (Wildman–Crippen MR) is 65.9 cm³/mol. The van der Waals surface area contributed by atoms with Crippen molar-refractivity contribution in [2.45, 2.75) is 25.2 Å². The molecule has 1 atom stereocenters. The summed E-state index contributed by atoms with van der Waals surface area (Å²) < 4.78 is 26.0. The SMILES string of the molecule is CCC(C)CNS(=O)(=O)c1csc(C(=O)O)c1. The molecule has 0 aliphatic carbocycles. The summed E-state index contributed by atoms with van der Waals surface area (Å²) in [5, 5.41) is 10.1. The van der Waals surface area contributed by atoms with Gasteiger partial charge >= 0.3 is 5.97 Å². The number of nitrogens with one attached hydrogen (secondary N) is 1. The summed E-state index contributed by atoms with van der Waals surface area (Å²) in [6, 6.07) is 1.17. The van der Waals surface area contributed by atoms with Gasteiger partial charge in [0.15, 0.2) is 0 Å². The third-order valence-corrected chi connectivity index (χ3v) is 4.89. The highest BCUT2D eigenvalue weighted by Gasteiger charge is 2.18. The lowest BCUT2D eigenvalue weighted by atomic mass is 10.1. The highest BCUT2D eigenvalue weighted by molar-refractivity contribution is 7.89. The zero-order chi connectivity index (χ0) is 13.1. The maximum atomic E-state index is 11.8. The highest BCUT2D eigenvalue weighted by Crippen LogP contribution is 2.19. The van der Waals surface area contributed by atoms with Gasteiger partial charge in [-0.15, -0.1) is 11.3 Å². The van der Waals surface area contributed by atoms with Crippen LogP contribution >= 0.6 is 11.3 Å². The Labute approximate surface area is 105 Å². The molecule has 0 saturated heterocycles. The molecule has 0 amide bonds. The summed E-state index contributed by atoms with van der Waals surface area (Å²) in [6.45, 7) is 4.28. The van der Waals surface area contributed by atoms with Gasteiger partial charge in [0.05, 0.1) is 4.90 Å². The average molecular weight is 277 g/mol. The zero-order valence-corrected chi connectivity index (χ0v) is 11.3. The predicted octanol–water partition coefficient (Wildman–Crippen LogP) is 1.77. The normalized spacial score (nSPS) is 13.5. The van der Waals surface area contributed by atoms with Crippen molar-refractivity contribution in [2.75, 3.05) is 6.54 Å². The van der Waals surface area contributed by atoms with Gasteiger partial charge in [0.25, 0.3) is 0 Å². The van der Waals surface area contributed by atoms with Gasteiger partial charge in [-0.25, -0.2) is 17.9 Å². The number of carboxylic acids is 1. The van der Waals surface area contributed by atoms with Gasteiger partial charge in [0.1, 0.15) is 4.88 Å². The van der Waals surface area contributed by atoms with Crippen molar-refractivity contribution < 1.29 is 18.3 Å². The number of hydrogen-bond acceptors (Lipinski definition) is 4. The summed E-state index contributed by atoms with van der Waals surface area (Å²) in [4.78, 5) is 10.7. The maximum Gasteiger partial charge on any atom is 0.345 e. The standard InChI is InChI=1S/C10H15NO4S2/c1-3-7(2)5-11-17(14,15)8-4-9(10(12)13)16-6-8/h4,6-7,11H,3,5H2,1-2H3,(H,12,13). The van der Waals surface area contributed by atoms with Crippen LogP contribution in [0.5, 0.6) is 0 Å². The molecule has 17 heavy (non-hydrogen) atoms. The van der Waals surface area contributed by atoms with Gasteiger partial charge in [-0.1, -0.05) is 20.3 Å². The Morgan fingerprint density at radius 1 is 1.59 bits per heavy atom. The van der Waals surface area contributed by atoms with E-state index in [2.05, 4.69) is 4.72 Å². The number of hydrogen-bond donors (Lipinski definition) is 2. The van der Waals surface area contributed by atoms with E-state index in [1.807, 2.05) is 13.8 Å². The first kappa shape index (κ1) is 14.1. The molecule has 7 heteroatoms. The van der Waals surface area contributed by atoms with Gasteiger partial charge in [0, 0.05) is 11.9 Å². The lowest BCUT2D eigenvalue weighted by Gasteiger charge is -2.09. The first-order valence-electron chi connectivity index (χ1n) is 5.18. The van der Waals surface area contributed by atoms with Crippen molar-refractivity contribution in [1.29, 1.82) is 0 Å². The molecular formula is C10H15NO4S2. The van der Waals surface area contributed by atoms with Gasteiger partial charge in [-0.05, 0) is 12.0 Å². The van der Waals surface area contributed by atoms with Gasteiger partial charge in [-0.3, -0.25) is 0 Å². The van der Waals surface area contributed by atoms with Crippen LogP contribution in [0.4, 0.5) is 0 Å². The number of sulfonamides is 1. The smallest absolute Gasteiger partial charge is 0.345 e. The molecule has 0 spiro atoms. The average Bonchev–Trinajstić information content (AvgIpc) is 2.76. The summed E-state index contributed by atoms with van der Waals surface area (Å²) in [5.41, 5.74) is 0. The zero-order valence-electron chi connectivity index (χ0n) is 9.63. The monoisotopic (exact) mass is 277 g/mol. The number of carboxylic acid groups (broad SMARTS) is 1. The molecule has 5 nitrogen and oxygen atoms in total. The Balaban J connectivity index is 2.79. The van der Waals surface area contributed by atoms with Gasteiger partial charge < -0.3 is 5.11 Å². The van der Waals surface area contributed by atoms with Crippen molar-refractivity contribution in [3.8, 4) is 0 Å². The third-order valence-electron chi connectivity index (χ3n) is 2.42. The molecule has 0 saturated carbocycles. The summed E-state index contributed by atoms with van der Waals surface area (Å²) in [6.07, 6.45) is 0.881. The topological polar surface area (TPSA) is 83.5 Å². The molecule has 0 aromatic carbocycles. The summed E-state index contributed by atoms with van der Waals surface area (Å²) in [5.74, 6) is -0.860. The maximum absolute atomic E-state index is 11.8. The first-order chi connectivity index (χ1) is 7.86.